The fourth-order valence-electron chi connectivity index (χ4n) is 1.62. The molecular weight excluding hydrogens is 216 g/mol. The van der Waals surface area contributed by atoms with Gasteiger partial charge in [0.2, 0.25) is 0 Å². The summed E-state index contributed by atoms with van der Waals surface area (Å²) in [4.78, 5) is 11.5. The Labute approximate surface area is 102 Å². The van der Waals surface area contributed by atoms with Crippen molar-refractivity contribution in [3.63, 3.8) is 0 Å². The molecule has 17 heavy (non-hydrogen) atoms. The number of esters is 1. The summed E-state index contributed by atoms with van der Waals surface area (Å²) in [6.07, 6.45) is 6.42. The Hall–Kier alpha value is -1.77. The summed E-state index contributed by atoms with van der Waals surface area (Å²) >= 11 is 0. The topological polar surface area (TPSA) is 35.5 Å². The van der Waals surface area contributed by atoms with Crippen LogP contribution in [0.15, 0.2) is 36.6 Å². The van der Waals surface area contributed by atoms with Gasteiger partial charge in [-0.05, 0) is 37.0 Å². The van der Waals surface area contributed by atoms with Crippen molar-refractivity contribution in [3.8, 4) is 0 Å². The highest BCUT2D eigenvalue weighted by atomic mass is 16.5. The SMILES string of the molecule is CO/C=C/CCCc1ccccc1C(=O)OC. The molecular formula is C14H18O3. The van der Waals surface area contributed by atoms with Gasteiger partial charge in [0.15, 0.2) is 0 Å². The van der Waals surface area contributed by atoms with E-state index in [1.165, 1.54) is 7.11 Å². The average Bonchev–Trinajstić information content (AvgIpc) is 2.38. The highest BCUT2D eigenvalue weighted by Gasteiger charge is 2.09. The largest absolute Gasteiger partial charge is 0.505 e. The molecule has 0 amide bonds. The standard InChI is InChI=1S/C14H18O3/c1-16-11-7-3-4-8-12-9-5-6-10-13(12)14(15)17-2/h5-7,9-11H,3-4,8H2,1-2H3/b11-7+. The van der Waals surface area contributed by atoms with Gasteiger partial charge in [0.1, 0.15) is 0 Å². The van der Waals surface area contributed by atoms with Crippen molar-refractivity contribution >= 4 is 5.97 Å². The summed E-state index contributed by atoms with van der Waals surface area (Å²) < 4.78 is 9.57. The highest BCUT2D eigenvalue weighted by Crippen LogP contribution is 2.13. The van der Waals surface area contributed by atoms with Gasteiger partial charge in [-0.2, -0.15) is 0 Å². The molecule has 0 saturated heterocycles. The van der Waals surface area contributed by atoms with Gasteiger partial charge in [0, 0.05) is 0 Å². The van der Waals surface area contributed by atoms with E-state index in [1.807, 2.05) is 24.3 Å². The van der Waals surface area contributed by atoms with E-state index in [-0.39, 0.29) is 5.97 Å². The van der Waals surface area contributed by atoms with Crippen LogP contribution in [0.2, 0.25) is 0 Å². The lowest BCUT2D eigenvalue weighted by atomic mass is 10.0. The maximum absolute atomic E-state index is 11.5. The quantitative estimate of drug-likeness (QED) is 0.431. The molecule has 3 heteroatoms. The average molecular weight is 234 g/mol. The van der Waals surface area contributed by atoms with Crippen molar-refractivity contribution in [1.29, 1.82) is 0 Å². The van der Waals surface area contributed by atoms with Crippen molar-refractivity contribution in [2.75, 3.05) is 14.2 Å². The van der Waals surface area contributed by atoms with Crippen LogP contribution in [0.25, 0.3) is 0 Å². The van der Waals surface area contributed by atoms with Crippen molar-refractivity contribution in [1.82, 2.24) is 0 Å². The molecule has 1 rings (SSSR count). The zero-order chi connectivity index (χ0) is 12.5. The molecule has 0 atom stereocenters. The smallest absolute Gasteiger partial charge is 0.338 e. The molecule has 0 bridgehead atoms. The Bertz CT molecular complexity index is 383. The minimum Gasteiger partial charge on any atom is -0.505 e. The number of unbranched alkanes of at least 4 members (excludes halogenated alkanes) is 1. The molecule has 0 unspecified atom stereocenters. The van der Waals surface area contributed by atoms with E-state index in [0.29, 0.717) is 5.56 Å². The Morgan fingerprint density at radius 3 is 2.76 bits per heavy atom. The summed E-state index contributed by atoms with van der Waals surface area (Å²) in [6.45, 7) is 0. The van der Waals surface area contributed by atoms with E-state index >= 15 is 0 Å². The molecule has 0 fully saturated rings. The van der Waals surface area contributed by atoms with Gasteiger partial charge in [-0.1, -0.05) is 18.2 Å². The predicted molar refractivity (Wildman–Crippen MR) is 66.9 cm³/mol. The Morgan fingerprint density at radius 2 is 2.06 bits per heavy atom. The number of hydrogen-bond acceptors (Lipinski definition) is 3. The van der Waals surface area contributed by atoms with Crippen LogP contribution in [0.4, 0.5) is 0 Å². The van der Waals surface area contributed by atoms with Crippen LogP contribution in [0.3, 0.4) is 0 Å². The fraction of sp³-hybridized carbons (Fsp3) is 0.357. The van der Waals surface area contributed by atoms with E-state index in [0.717, 1.165) is 24.8 Å². The summed E-state index contributed by atoms with van der Waals surface area (Å²) in [6, 6.07) is 7.55. The van der Waals surface area contributed by atoms with Crippen LogP contribution < -0.4 is 0 Å². The second kappa shape index (κ2) is 7.49. The Morgan fingerprint density at radius 1 is 1.29 bits per heavy atom. The fourth-order valence-corrected chi connectivity index (χ4v) is 1.62. The second-order valence-corrected chi connectivity index (χ2v) is 3.65. The van der Waals surface area contributed by atoms with Crippen molar-refractivity contribution in [3.05, 3.63) is 47.7 Å². The number of rotatable bonds is 6. The summed E-state index contributed by atoms with van der Waals surface area (Å²) in [5.74, 6) is -0.270. The summed E-state index contributed by atoms with van der Waals surface area (Å²) in [7, 11) is 3.03. The minimum absolute atomic E-state index is 0.270. The van der Waals surface area contributed by atoms with Crippen molar-refractivity contribution in [2.24, 2.45) is 0 Å². The lowest BCUT2D eigenvalue weighted by Gasteiger charge is -2.06. The number of carbonyl (C=O) groups is 1. The van der Waals surface area contributed by atoms with E-state index < -0.39 is 0 Å². The number of ether oxygens (including phenoxy) is 2. The molecule has 0 aliphatic heterocycles. The maximum Gasteiger partial charge on any atom is 0.338 e. The first kappa shape index (κ1) is 13.3. The van der Waals surface area contributed by atoms with Crippen LogP contribution in [-0.4, -0.2) is 20.2 Å². The van der Waals surface area contributed by atoms with Crippen LogP contribution >= 0.6 is 0 Å². The van der Waals surface area contributed by atoms with Crippen LogP contribution in [-0.2, 0) is 15.9 Å². The lowest BCUT2D eigenvalue weighted by Crippen LogP contribution is -2.05. The molecule has 0 aliphatic rings. The molecule has 0 aromatic heterocycles. The van der Waals surface area contributed by atoms with Gasteiger partial charge in [0.05, 0.1) is 26.0 Å². The third-order valence-electron chi connectivity index (χ3n) is 2.47. The first-order valence-corrected chi connectivity index (χ1v) is 5.63. The number of methoxy groups -OCH3 is 2. The third kappa shape index (κ3) is 4.31. The minimum atomic E-state index is -0.270. The number of carbonyl (C=O) groups excluding carboxylic acids is 1. The molecule has 1 aromatic rings. The van der Waals surface area contributed by atoms with Gasteiger partial charge in [-0.15, -0.1) is 0 Å². The van der Waals surface area contributed by atoms with Gasteiger partial charge in [0.25, 0.3) is 0 Å². The van der Waals surface area contributed by atoms with E-state index in [2.05, 4.69) is 0 Å². The number of allylic oxidation sites excluding steroid dienone is 1. The lowest BCUT2D eigenvalue weighted by molar-refractivity contribution is 0.0599. The van der Waals surface area contributed by atoms with Crippen molar-refractivity contribution in [2.45, 2.75) is 19.3 Å². The summed E-state index contributed by atoms with van der Waals surface area (Å²) in [5.41, 5.74) is 1.69. The number of aryl methyl sites for hydroxylation is 1. The van der Waals surface area contributed by atoms with Gasteiger partial charge < -0.3 is 9.47 Å². The normalized spacial score (nSPS) is 10.5. The molecule has 3 nitrogen and oxygen atoms in total. The first-order valence-electron chi connectivity index (χ1n) is 5.63. The third-order valence-corrected chi connectivity index (χ3v) is 2.47. The second-order valence-electron chi connectivity index (χ2n) is 3.65. The van der Waals surface area contributed by atoms with Gasteiger partial charge in [-0.25, -0.2) is 4.79 Å². The van der Waals surface area contributed by atoms with E-state index in [9.17, 15) is 4.79 Å². The molecule has 0 saturated carbocycles. The van der Waals surface area contributed by atoms with Crippen LogP contribution in [0.1, 0.15) is 28.8 Å². The van der Waals surface area contributed by atoms with Crippen LogP contribution in [0, 0.1) is 0 Å². The monoisotopic (exact) mass is 234 g/mol. The van der Waals surface area contributed by atoms with Crippen molar-refractivity contribution < 1.29 is 14.3 Å². The predicted octanol–water partition coefficient (Wildman–Crippen LogP) is 2.96. The molecule has 0 radical (unpaired) electrons. The Balaban J connectivity index is 2.58. The van der Waals surface area contributed by atoms with E-state index in [4.69, 9.17) is 9.47 Å². The molecule has 92 valence electrons. The summed E-state index contributed by atoms with van der Waals surface area (Å²) in [5, 5.41) is 0. The maximum atomic E-state index is 11.5. The van der Waals surface area contributed by atoms with E-state index in [1.54, 1.807) is 19.4 Å². The number of benzene rings is 1. The first-order chi connectivity index (χ1) is 8.29. The van der Waals surface area contributed by atoms with Gasteiger partial charge >= 0.3 is 5.97 Å². The van der Waals surface area contributed by atoms with Gasteiger partial charge in [-0.3, -0.25) is 0 Å². The molecule has 0 heterocycles. The molecule has 0 aliphatic carbocycles. The highest BCUT2D eigenvalue weighted by molar-refractivity contribution is 5.90. The molecule has 0 N–H and O–H groups in total. The Kier molecular flexibility index (Phi) is 5.86. The zero-order valence-corrected chi connectivity index (χ0v) is 10.3. The molecule has 1 aromatic carbocycles. The molecule has 0 spiro atoms. The zero-order valence-electron chi connectivity index (χ0n) is 10.3. The van der Waals surface area contributed by atoms with Crippen LogP contribution in [0.5, 0.6) is 0 Å². The number of hydrogen-bond donors (Lipinski definition) is 0.